The Balaban J connectivity index is 2.14. The number of carboxylic acids is 1. The highest BCUT2D eigenvalue weighted by atomic mass is 16.4. The van der Waals surface area contributed by atoms with E-state index in [1.54, 1.807) is 0 Å². The molecule has 3 N–H and O–H groups in total. The van der Waals surface area contributed by atoms with E-state index in [9.17, 15) is 9.90 Å². The van der Waals surface area contributed by atoms with E-state index in [0.29, 0.717) is 12.0 Å². The van der Waals surface area contributed by atoms with Crippen LogP contribution in [0.15, 0.2) is 0 Å². The van der Waals surface area contributed by atoms with Gasteiger partial charge < -0.3 is 10.4 Å². The molecule has 0 spiro atoms. The summed E-state index contributed by atoms with van der Waals surface area (Å²) >= 11 is 0. The lowest BCUT2D eigenvalue weighted by Gasteiger charge is -2.34. The summed E-state index contributed by atoms with van der Waals surface area (Å²) < 4.78 is 0. The van der Waals surface area contributed by atoms with Crippen molar-refractivity contribution in [2.75, 3.05) is 0 Å². The fourth-order valence-electron chi connectivity index (χ4n) is 3.29. The molecule has 98 valence electrons. The first-order valence-electron chi connectivity index (χ1n) is 6.65. The minimum Gasteiger partial charge on any atom is -0.480 e. The number of nitrogens with one attached hydrogen (secondary N) is 2. The van der Waals surface area contributed by atoms with Gasteiger partial charge in [0.1, 0.15) is 6.04 Å². The normalized spacial score (nSPS) is 37.8. The Morgan fingerprint density at radius 1 is 1.29 bits per heavy atom. The van der Waals surface area contributed by atoms with Gasteiger partial charge in [0.05, 0.1) is 0 Å². The largest absolute Gasteiger partial charge is 0.480 e. The van der Waals surface area contributed by atoms with Crippen LogP contribution in [0.1, 0.15) is 46.5 Å². The third-order valence-electron chi connectivity index (χ3n) is 3.90. The molecule has 4 heteroatoms. The van der Waals surface area contributed by atoms with E-state index in [-0.39, 0.29) is 11.6 Å². The Morgan fingerprint density at radius 2 is 1.94 bits per heavy atom. The van der Waals surface area contributed by atoms with E-state index in [1.807, 2.05) is 0 Å². The Hall–Kier alpha value is -0.610. The number of hydrogen-bond donors (Lipinski definition) is 3. The molecule has 0 amide bonds. The molecule has 2 rings (SSSR count). The first kappa shape index (κ1) is 12.8. The van der Waals surface area contributed by atoms with E-state index in [2.05, 4.69) is 31.4 Å². The van der Waals surface area contributed by atoms with Crippen LogP contribution in [0.5, 0.6) is 0 Å². The van der Waals surface area contributed by atoms with Crippen molar-refractivity contribution in [2.45, 2.75) is 70.1 Å². The molecule has 1 heterocycles. The van der Waals surface area contributed by atoms with Crippen LogP contribution in [0.3, 0.4) is 0 Å². The molecule has 4 atom stereocenters. The zero-order chi connectivity index (χ0) is 12.6. The van der Waals surface area contributed by atoms with Crippen molar-refractivity contribution in [1.29, 1.82) is 0 Å². The van der Waals surface area contributed by atoms with Crippen molar-refractivity contribution in [1.82, 2.24) is 10.6 Å². The zero-order valence-corrected chi connectivity index (χ0v) is 11.0. The minimum absolute atomic E-state index is 0.0353. The van der Waals surface area contributed by atoms with Gasteiger partial charge in [-0.25, -0.2) is 0 Å². The molecule has 2 aliphatic rings. The number of carbonyl (C=O) groups is 1. The Kier molecular flexibility index (Phi) is 3.46. The van der Waals surface area contributed by atoms with Crippen molar-refractivity contribution >= 4 is 5.97 Å². The highest BCUT2D eigenvalue weighted by Gasteiger charge is 2.47. The van der Waals surface area contributed by atoms with Crippen LogP contribution in [0.2, 0.25) is 0 Å². The molecule has 1 aliphatic carbocycles. The highest BCUT2D eigenvalue weighted by molar-refractivity contribution is 5.75. The predicted molar refractivity (Wildman–Crippen MR) is 67.0 cm³/mol. The maximum absolute atomic E-state index is 11.3. The molecular formula is C13H24N2O2. The highest BCUT2D eigenvalue weighted by Crippen LogP contribution is 2.34. The summed E-state index contributed by atoms with van der Waals surface area (Å²) in [5.41, 5.74) is -0.0353. The smallest absolute Gasteiger partial charge is 0.322 e. The monoisotopic (exact) mass is 240 g/mol. The van der Waals surface area contributed by atoms with E-state index >= 15 is 0 Å². The molecule has 0 aromatic carbocycles. The summed E-state index contributed by atoms with van der Waals surface area (Å²) in [5, 5.41) is 16.1. The number of aliphatic carboxylic acids is 1. The summed E-state index contributed by atoms with van der Waals surface area (Å²) in [4.78, 5) is 11.3. The van der Waals surface area contributed by atoms with Gasteiger partial charge in [-0.2, -0.15) is 0 Å². The molecule has 1 saturated carbocycles. The van der Waals surface area contributed by atoms with Gasteiger partial charge in [-0.05, 0) is 39.5 Å². The van der Waals surface area contributed by atoms with Crippen LogP contribution >= 0.6 is 0 Å². The van der Waals surface area contributed by atoms with Gasteiger partial charge in [-0.15, -0.1) is 0 Å². The van der Waals surface area contributed by atoms with Gasteiger partial charge in [-0.1, -0.05) is 12.8 Å². The van der Waals surface area contributed by atoms with Gasteiger partial charge in [0.2, 0.25) is 0 Å². The second kappa shape index (κ2) is 4.58. The minimum atomic E-state index is -0.721. The molecule has 0 radical (unpaired) electrons. The Bertz CT molecular complexity index is 298. The summed E-state index contributed by atoms with van der Waals surface area (Å²) in [7, 11) is 0. The first-order chi connectivity index (χ1) is 7.88. The van der Waals surface area contributed by atoms with Crippen molar-refractivity contribution in [3.63, 3.8) is 0 Å². The summed E-state index contributed by atoms with van der Waals surface area (Å²) in [6.07, 6.45) is 4.73. The van der Waals surface area contributed by atoms with Gasteiger partial charge in [0.15, 0.2) is 0 Å². The average molecular weight is 240 g/mol. The van der Waals surface area contributed by atoms with Gasteiger partial charge in [0, 0.05) is 17.6 Å². The second-order valence-electron chi connectivity index (χ2n) is 6.46. The van der Waals surface area contributed by atoms with Crippen molar-refractivity contribution in [2.24, 2.45) is 5.92 Å². The van der Waals surface area contributed by atoms with E-state index < -0.39 is 12.0 Å². The average Bonchev–Trinajstić information content (AvgIpc) is 2.55. The summed E-state index contributed by atoms with van der Waals surface area (Å²) in [6, 6.07) is 0.0322. The predicted octanol–water partition coefficient (Wildman–Crippen LogP) is 1.36. The lowest BCUT2D eigenvalue weighted by Crippen LogP contribution is -2.54. The van der Waals surface area contributed by atoms with Crippen molar-refractivity contribution in [3.8, 4) is 0 Å². The van der Waals surface area contributed by atoms with Crippen LogP contribution in [0.4, 0.5) is 0 Å². The van der Waals surface area contributed by atoms with Gasteiger partial charge >= 0.3 is 5.97 Å². The summed E-state index contributed by atoms with van der Waals surface area (Å²) in [5.74, 6) is -0.245. The number of fused-ring (bicyclic) bond motifs is 1. The van der Waals surface area contributed by atoms with Gasteiger partial charge in [0.25, 0.3) is 0 Å². The lowest BCUT2D eigenvalue weighted by atomic mass is 9.81. The summed E-state index contributed by atoms with van der Waals surface area (Å²) in [6.45, 7) is 6.30. The first-order valence-corrected chi connectivity index (χ1v) is 6.65. The number of hydrogen-bond acceptors (Lipinski definition) is 3. The molecule has 17 heavy (non-hydrogen) atoms. The standard InChI is InChI=1S/C13H24N2O2/c1-13(2,3)15-10-8-6-4-5-7-9(8)14-11(10)12(16)17/h8-11,14-15H,4-7H2,1-3H3,(H,16,17). The second-order valence-corrected chi connectivity index (χ2v) is 6.46. The van der Waals surface area contributed by atoms with Gasteiger partial charge in [-0.3, -0.25) is 10.1 Å². The Labute approximate surface area is 103 Å². The zero-order valence-electron chi connectivity index (χ0n) is 11.0. The quantitative estimate of drug-likeness (QED) is 0.682. The molecule has 0 aromatic heterocycles. The van der Waals surface area contributed by atoms with Crippen LogP contribution in [-0.2, 0) is 4.79 Å². The van der Waals surface area contributed by atoms with Crippen LogP contribution in [-0.4, -0.2) is 34.7 Å². The lowest BCUT2D eigenvalue weighted by molar-refractivity contribution is -0.139. The van der Waals surface area contributed by atoms with E-state index in [1.165, 1.54) is 12.8 Å². The Morgan fingerprint density at radius 3 is 2.53 bits per heavy atom. The number of carboxylic acid groups (broad SMARTS) is 1. The molecular weight excluding hydrogens is 216 g/mol. The van der Waals surface area contributed by atoms with Crippen LogP contribution in [0, 0.1) is 5.92 Å². The maximum atomic E-state index is 11.3. The SMILES string of the molecule is CC(C)(C)NC1C(C(=O)O)NC2CCCCC21. The molecule has 0 bridgehead atoms. The molecule has 1 saturated heterocycles. The molecule has 4 unspecified atom stereocenters. The van der Waals surface area contributed by atoms with Crippen molar-refractivity contribution < 1.29 is 9.90 Å². The van der Waals surface area contributed by atoms with E-state index in [4.69, 9.17) is 0 Å². The third-order valence-corrected chi connectivity index (χ3v) is 3.90. The van der Waals surface area contributed by atoms with Crippen LogP contribution < -0.4 is 10.6 Å². The van der Waals surface area contributed by atoms with E-state index in [0.717, 1.165) is 12.8 Å². The maximum Gasteiger partial charge on any atom is 0.322 e. The third kappa shape index (κ3) is 2.80. The van der Waals surface area contributed by atoms with Crippen LogP contribution in [0.25, 0.3) is 0 Å². The van der Waals surface area contributed by atoms with Crippen molar-refractivity contribution in [3.05, 3.63) is 0 Å². The molecule has 4 nitrogen and oxygen atoms in total. The molecule has 0 aromatic rings. The topological polar surface area (TPSA) is 61.4 Å². The molecule has 1 aliphatic heterocycles. The molecule has 2 fully saturated rings. The fraction of sp³-hybridized carbons (Fsp3) is 0.923. The fourth-order valence-corrected chi connectivity index (χ4v) is 3.29. The number of rotatable bonds is 2.